The zero-order valence-electron chi connectivity index (χ0n) is 13.4. The van der Waals surface area contributed by atoms with Crippen molar-refractivity contribution in [3.05, 3.63) is 23.3 Å². The molecule has 6 N–H and O–H groups in total. The Bertz CT molecular complexity index is 482. The van der Waals surface area contributed by atoms with E-state index in [0.717, 1.165) is 25.7 Å². The van der Waals surface area contributed by atoms with Crippen molar-refractivity contribution in [3.63, 3.8) is 0 Å². The number of nitrogens with one attached hydrogen (secondary N) is 2. The topological polar surface area (TPSA) is 118 Å². The van der Waals surface area contributed by atoms with Crippen LogP contribution in [0.5, 0.6) is 11.5 Å². The summed E-state index contributed by atoms with van der Waals surface area (Å²) in [6.07, 6.45) is 3.82. The Kier molecular flexibility index (Phi) is 7.22. The lowest BCUT2D eigenvalue weighted by Crippen LogP contribution is -2.23. The first-order chi connectivity index (χ1) is 10.5. The minimum absolute atomic E-state index is 0.183. The minimum atomic E-state index is -0.183. The van der Waals surface area contributed by atoms with Crippen LogP contribution in [0.1, 0.15) is 50.7 Å². The van der Waals surface area contributed by atoms with Gasteiger partial charge in [0.15, 0.2) is 0 Å². The molecule has 1 aromatic rings. The molecule has 0 radical (unpaired) electrons. The van der Waals surface area contributed by atoms with E-state index in [1.165, 1.54) is 0 Å². The van der Waals surface area contributed by atoms with Crippen LogP contribution in [0.25, 0.3) is 0 Å². The first-order valence-corrected chi connectivity index (χ1v) is 7.64. The molecule has 1 aromatic carbocycles. The van der Waals surface area contributed by atoms with Crippen molar-refractivity contribution in [1.82, 2.24) is 0 Å². The molecule has 0 fully saturated rings. The van der Waals surface area contributed by atoms with Crippen molar-refractivity contribution < 1.29 is 9.47 Å². The average Bonchev–Trinajstić information content (AvgIpc) is 2.47. The molecule has 0 aliphatic rings. The van der Waals surface area contributed by atoms with Crippen LogP contribution in [-0.2, 0) is 0 Å². The SMILES string of the molecule is CCCCOc1ccc(OCCCC)c(C(=N)N)c1C(=N)N. The van der Waals surface area contributed by atoms with Gasteiger partial charge >= 0.3 is 0 Å². The zero-order chi connectivity index (χ0) is 16.5. The molecule has 0 unspecified atom stereocenters. The average molecular weight is 306 g/mol. The van der Waals surface area contributed by atoms with Crippen LogP contribution in [-0.4, -0.2) is 24.9 Å². The maximum atomic E-state index is 7.79. The van der Waals surface area contributed by atoms with Crippen molar-refractivity contribution in [1.29, 1.82) is 10.8 Å². The van der Waals surface area contributed by atoms with Crippen molar-refractivity contribution in [2.75, 3.05) is 13.2 Å². The van der Waals surface area contributed by atoms with Crippen LogP contribution < -0.4 is 20.9 Å². The molecule has 0 aliphatic heterocycles. The Balaban J connectivity index is 3.18. The lowest BCUT2D eigenvalue weighted by atomic mass is 10.0. The van der Waals surface area contributed by atoms with Gasteiger partial charge in [0.1, 0.15) is 23.2 Å². The highest BCUT2D eigenvalue weighted by molar-refractivity contribution is 6.11. The van der Waals surface area contributed by atoms with Crippen LogP contribution in [0.4, 0.5) is 0 Å². The number of nitrogen functional groups attached to an aromatic ring is 2. The van der Waals surface area contributed by atoms with Crippen LogP contribution in [0.3, 0.4) is 0 Å². The van der Waals surface area contributed by atoms with Gasteiger partial charge in [-0.15, -0.1) is 0 Å². The van der Waals surface area contributed by atoms with Crippen LogP contribution in [0.15, 0.2) is 12.1 Å². The molecule has 0 aliphatic carbocycles. The Hall–Kier alpha value is -2.24. The molecular formula is C16H26N4O2. The van der Waals surface area contributed by atoms with Crippen molar-refractivity contribution in [3.8, 4) is 11.5 Å². The number of hydrogen-bond acceptors (Lipinski definition) is 4. The molecule has 0 heterocycles. The summed E-state index contributed by atoms with van der Waals surface area (Å²) in [6.45, 7) is 5.20. The number of unbranched alkanes of at least 4 members (excludes halogenated alkanes) is 2. The second-order valence-corrected chi connectivity index (χ2v) is 5.04. The van der Waals surface area contributed by atoms with Gasteiger partial charge in [-0.25, -0.2) is 0 Å². The quantitative estimate of drug-likeness (QED) is 0.302. The molecule has 0 spiro atoms. The fraction of sp³-hybridized carbons (Fsp3) is 0.500. The Labute approximate surface area is 131 Å². The van der Waals surface area contributed by atoms with E-state index in [9.17, 15) is 0 Å². The molecule has 0 atom stereocenters. The van der Waals surface area contributed by atoms with E-state index >= 15 is 0 Å². The van der Waals surface area contributed by atoms with Crippen LogP contribution in [0, 0.1) is 10.8 Å². The first kappa shape index (κ1) is 17.8. The third-order valence-corrected chi connectivity index (χ3v) is 3.18. The maximum Gasteiger partial charge on any atom is 0.131 e. The lowest BCUT2D eigenvalue weighted by Gasteiger charge is -2.18. The highest BCUT2D eigenvalue weighted by atomic mass is 16.5. The Morgan fingerprint density at radius 3 is 1.50 bits per heavy atom. The molecule has 1 rings (SSSR count). The minimum Gasteiger partial charge on any atom is -0.493 e. The highest BCUT2D eigenvalue weighted by Gasteiger charge is 2.20. The predicted octanol–water partition coefficient (Wildman–Crippen LogP) is 2.61. The molecule has 6 nitrogen and oxygen atoms in total. The van der Waals surface area contributed by atoms with E-state index in [-0.39, 0.29) is 11.7 Å². The summed E-state index contributed by atoms with van der Waals surface area (Å²) >= 11 is 0. The second-order valence-electron chi connectivity index (χ2n) is 5.04. The molecule has 0 bridgehead atoms. The van der Waals surface area contributed by atoms with E-state index in [4.69, 9.17) is 31.8 Å². The van der Waals surface area contributed by atoms with E-state index in [1.54, 1.807) is 12.1 Å². The Morgan fingerprint density at radius 2 is 1.23 bits per heavy atom. The zero-order valence-corrected chi connectivity index (χ0v) is 13.4. The molecule has 0 saturated heterocycles. The van der Waals surface area contributed by atoms with Gasteiger partial charge in [0.2, 0.25) is 0 Å². The number of rotatable bonds is 10. The third kappa shape index (κ3) is 4.65. The van der Waals surface area contributed by atoms with E-state index in [0.29, 0.717) is 35.8 Å². The predicted molar refractivity (Wildman–Crippen MR) is 89.3 cm³/mol. The second kappa shape index (κ2) is 8.92. The highest BCUT2D eigenvalue weighted by Crippen LogP contribution is 2.30. The van der Waals surface area contributed by atoms with Gasteiger partial charge in [0.25, 0.3) is 0 Å². The summed E-state index contributed by atoms with van der Waals surface area (Å²) in [5.74, 6) is 0.568. The molecule has 0 amide bonds. The maximum absolute atomic E-state index is 7.79. The van der Waals surface area contributed by atoms with Gasteiger partial charge in [0, 0.05) is 0 Å². The fourth-order valence-electron chi connectivity index (χ4n) is 1.99. The van der Waals surface area contributed by atoms with Gasteiger partial charge in [-0.1, -0.05) is 26.7 Å². The van der Waals surface area contributed by atoms with Crippen molar-refractivity contribution >= 4 is 11.7 Å². The normalized spacial score (nSPS) is 10.3. The third-order valence-electron chi connectivity index (χ3n) is 3.18. The standard InChI is InChI=1S/C16H26N4O2/c1-3-5-9-21-11-7-8-12(22-10-6-4-2)14(16(19)20)13(11)15(17)18/h7-8H,3-6,9-10H2,1-2H3,(H3,17,18)(H3,19,20). The number of amidine groups is 2. The van der Waals surface area contributed by atoms with E-state index in [1.807, 2.05) is 0 Å². The molecule has 0 aromatic heterocycles. The van der Waals surface area contributed by atoms with Crippen LogP contribution in [0.2, 0.25) is 0 Å². The number of benzene rings is 1. The number of hydrogen-bond donors (Lipinski definition) is 4. The summed E-state index contributed by atoms with van der Waals surface area (Å²) < 4.78 is 11.4. The summed E-state index contributed by atoms with van der Waals surface area (Å²) in [5.41, 5.74) is 12.0. The monoisotopic (exact) mass is 306 g/mol. The fourth-order valence-corrected chi connectivity index (χ4v) is 1.99. The van der Waals surface area contributed by atoms with E-state index < -0.39 is 0 Å². The van der Waals surface area contributed by atoms with E-state index in [2.05, 4.69) is 13.8 Å². The van der Waals surface area contributed by atoms with Crippen molar-refractivity contribution in [2.24, 2.45) is 11.5 Å². The largest absolute Gasteiger partial charge is 0.493 e. The summed E-state index contributed by atoms with van der Waals surface area (Å²) in [4.78, 5) is 0. The lowest BCUT2D eigenvalue weighted by molar-refractivity contribution is 0.300. The molecule has 6 heteroatoms. The van der Waals surface area contributed by atoms with Crippen LogP contribution >= 0.6 is 0 Å². The first-order valence-electron chi connectivity index (χ1n) is 7.64. The number of nitrogens with two attached hydrogens (primary N) is 2. The molecule has 0 saturated carbocycles. The summed E-state index contributed by atoms with van der Waals surface area (Å²) in [7, 11) is 0. The van der Waals surface area contributed by atoms with Gasteiger partial charge < -0.3 is 20.9 Å². The van der Waals surface area contributed by atoms with Crippen molar-refractivity contribution in [2.45, 2.75) is 39.5 Å². The van der Waals surface area contributed by atoms with Gasteiger partial charge in [0.05, 0.1) is 24.3 Å². The number of ether oxygens (including phenoxy) is 2. The summed E-state index contributed by atoms with van der Waals surface area (Å²) in [5, 5.41) is 15.6. The molecule has 22 heavy (non-hydrogen) atoms. The molecular weight excluding hydrogens is 280 g/mol. The molecule has 122 valence electrons. The van der Waals surface area contributed by atoms with Gasteiger partial charge in [-0.05, 0) is 25.0 Å². The smallest absolute Gasteiger partial charge is 0.131 e. The van der Waals surface area contributed by atoms with Gasteiger partial charge in [-0.3, -0.25) is 10.8 Å². The Morgan fingerprint density at radius 1 is 0.864 bits per heavy atom. The van der Waals surface area contributed by atoms with Gasteiger partial charge in [-0.2, -0.15) is 0 Å². The summed E-state index contributed by atoms with van der Waals surface area (Å²) in [6, 6.07) is 3.44.